The molecule has 0 saturated heterocycles. The van der Waals surface area contributed by atoms with Gasteiger partial charge in [-0.15, -0.1) is 0 Å². The van der Waals surface area contributed by atoms with Crippen molar-refractivity contribution in [3.63, 3.8) is 0 Å². The second-order valence-corrected chi connectivity index (χ2v) is 15.4. The van der Waals surface area contributed by atoms with Crippen molar-refractivity contribution in [2.45, 2.75) is 0 Å². The number of nitriles is 2. The summed E-state index contributed by atoms with van der Waals surface area (Å²) in [6.45, 7) is 0. The lowest BCUT2D eigenvalue weighted by Crippen LogP contribution is -2.06. The van der Waals surface area contributed by atoms with Crippen LogP contribution in [0.25, 0.3) is 111 Å². The highest BCUT2D eigenvalue weighted by Gasteiger charge is 2.24. The summed E-state index contributed by atoms with van der Waals surface area (Å²) in [4.78, 5) is 15.8. The quantitative estimate of drug-likeness (QED) is 0.173. The minimum absolute atomic E-state index is 0.397. The van der Waals surface area contributed by atoms with E-state index in [1.165, 1.54) is 0 Å². The Morgan fingerprint density at radius 3 is 1.26 bits per heavy atom. The third kappa shape index (κ3) is 5.33. The van der Waals surface area contributed by atoms with Crippen LogP contribution in [0.4, 0.5) is 0 Å². The number of benzene rings is 9. The molecule has 7 heteroatoms. The summed E-state index contributed by atoms with van der Waals surface area (Å²) in [5.74, 6) is 1.26. The minimum Gasteiger partial charge on any atom is -0.308 e. The van der Waals surface area contributed by atoms with Gasteiger partial charge >= 0.3 is 0 Å². The molecule has 0 aliphatic heterocycles. The van der Waals surface area contributed by atoms with Gasteiger partial charge in [0.15, 0.2) is 17.5 Å². The summed E-state index contributed by atoms with van der Waals surface area (Å²) in [7, 11) is 0. The molecule has 0 unspecified atom stereocenters. The van der Waals surface area contributed by atoms with Gasteiger partial charge in [-0.05, 0) is 82.2 Å². The first kappa shape index (κ1) is 35.1. The molecule has 0 fully saturated rings. The van der Waals surface area contributed by atoms with Gasteiger partial charge in [-0.3, -0.25) is 0 Å². The molecule has 9 aromatic carbocycles. The summed E-state index contributed by atoms with van der Waals surface area (Å²) in [5, 5.41) is 29.9. The van der Waals surface area contributed by atoms with Crippen LogP contribution in [0.15, 0.2) is 188 Å². The lowest BCUT2D eigenvalue weighted by molar-refractivity contribution is 1.06. The van der Waals surface area contributed by atoms with Crippen LogP contribution in [0.2, 0.25) is 0 Å². The van der Waals surface area contributed by atoms with E-state index in [1.807, 2.05) is 66.7 Å². The van der Waals surface area contributed by atoms with Gasteiger partial charge in [-0.1, -0.05) is 127 Å². The SMILES string of the molecule is N#Cc1ccc(-n2c3ccccc3c3c4ccccc4ccc32)c(-c2nc(-c3ccccc3)nc(-c3cc(C#N)ccc3-n3c4ccccc4c4c5ccccc5ccc43)n2)c1. The average molecular weight is 790 g/mol. The van der Waals surface area contributed by atoms with E-state index in [2.05, 4.69) is 143 Å². The van der Waals surface area contributed by atoms with Crippen LogP contribution >= 0.6 is 0 Å². The molecule has 0 aliphatic rings. The van der Waals surface area contributed by atoms with Crippen LogP contribution in [0.5, 0.6) is 0 Å². The van der Waals surface area contributed by atoms with Gasteiger partial charge in [-0.25, -0.2) is 15.0 Å². The summed E-state index contributed by atoms with van der Waals surface area (Å²) in [6, 6.07) is 68.5. The van der Waals surface area contributed by atoms with Gasteiger partial charge in [-0.2, -0.15) is 10.5 Å². The van der Waals surface area contributed by atoms with Crippen molar-refractivity contribution in [3.8, 4) is 57.7 Å². The van der Waals surface area contributed by atoms with Gasteiger partial charge in [0.05, 0.1) is 56.7 Å². The zero-order valence-corrected chi connectivity index (χ0v) is 33.0. The molecular formula is C55H31N7. The Hall–Kier alpha value is -8.91. The highest BCUT2D eigenvalue weighted by atomic mass is 15.1. The summed E-state index contributed by atoms with van der Waals surface area (Å²) < 4.78 is 4.51. The van der Waals surface area contributed by atoms with Crippen molar-refractivity contribution in [2.24, 2.45) is 0 Å². The number of hydrogen-bond donors (Lipinski definition) is 0. The largest absolute Gasteiger partial charge is 0.308 e. The second-order valence-electron chi connectivity index (χ2n) is 15.4. The van der Waals surface area contributed by atoms with Crippen LogP contribution in [0, 0.1) is 22.7 Å². The normalized spacial score (nSPS) is 11.5. The second kappa shape index (κ2) is 13.8. The fraction of sp³-hybridized carbons (Fsp3) is 0. The first-order valence-electron chi connectivity index (χ1n) is 20.4. The van der Waals surface area contributed by atoms with Gasteiger partial charge in [0.25, 0.3) is 0 Å². The highest BCUT2D eigenvalue weighted by molar-refractivity contribution is 6.22. The molecular weight excluding hydrogens is 759 g/mol. The van der Waals surface area contributed by atoms with E-state index in [0.717, 1.165) is 82.1 Å². The smallest absolute Gasteiger partial charge is 0.166 e. The summed E-state index contributed by atoms with van der Waals surface area (Å²) in [5.41, 5.74) is 8.82. The molecule has 0 amide bonds. The topological polar surface area (TPSA) is 96.1 Å². The molecule has 0 atom stereocenters. The maximum absolute atomic E-state index is 10.4. The molecule has 3 heterocycles. The number of nitrogens with zero attached hydrogens (tertiary/aromatic N) is 7. The number of fused-ring (bicyclic) bond motifs is 10. The van der Waals surface area contributed by atoms with E-state index in [1.54, 1.807) is 0 Å². The Morgan fingerprint density at radius 2 is 0.774 bits per heavy atom. The Balaban J connectivity index is 1.17. The standard InChI is InChI=1S/C55H31N7/c56-32-34-22-26-47(61-45-20-10-8-18-41(45)51-39-16-6-4-12-36(39)24-28-49(51)61)43(30-34)54-58-53(38-14-2-1-3-15-38)59-55(60-54)44-31-35(33-57)23-27-48(44)62-46-21-11-9-19-42(46)52-40-17-7-5-13-37(40)25-29-50(52)62/h1-31H. The minimum atomic E-state index is 0.397. The molecule has 0 spiro atoms. The monoisotopic (exact) mass is 789 g/mol. The van der Waals surface area contributed by atoms with E-state index in [4.69, 9.17) is 15.0 Å². The number of para-hydroxylation sites is 2. The van der Waals surface area contributed by atoms with Crippen molar-refractivity contribution < 1.29 is 0 Å². The highest BCUT2D eigenvalue weighted by Crippen LogP contribution is 2.42. The van der Waals surface area contributed by atoms with Gasteiger partial charge < -0.3 is 9.13 Å². The molecule has 0 radical (unpaired) electrons. The van der Waals surface area contributed by atoms with E-state index in [9.17, 15) is 10.5 Å². The fourth-order valence-corrected chi connectivity index (χ4v) is 9.29. The molecule has 0 bridgehead atoms. The first-order valence-corrected chi connectivity index (χ1v) is 20.4. The van der Waals surface area contributed by atoms with Crippen molar-refractivity contribution in [1.29, 1.82) is 10.5 Å². The van der Waals surface area contributed by atoms with Gasteiger partial charge in [0, 0.05) is 38.2 Å². The molecule has 7 nitrogen and oxygen atoms in total. The molecule has 0 aliphatic carbocycles. The Morgan fingerprint density at radius 1 is 0.355 bits per heavy atom. The molecule has 286 valence electrons. The van der Waals surface area contributed by atoms with Crippen LogP contribution in [0.3, 0.4) is 0 Å². The maximum atomic E-state index is 10.4. The zero-order valence-electron chi connectivity index (χ0n) is 33.0. The number of rotatable bonds is 5. The molecule has 12 aromatic rings. The summed E-state index contributed by atoms with van der Waals surface area (Å²) in [6.07, 6.45) is 0. The predicted molar refractivity (Wildman–Crippen MR) is 249 cm³/mol. The lowest BCUT2D eigenvalue weighted by Gasteiger charge is -2.17. The average Bonchev–Trinajstić information content (AvgIpc) is 3.87. The Labute approximate surface area is 355 Å². The van der Waals surface area contributed by atoms with Crippen LogP contribution in [-0.4, -0.2) is 24.1 Å². The van der Waals surface area contributed by atoms with E-state index in [-0.39, 0.29) is 0 Å². The predicted octanol–water partition coefficient (Wildman–Crippen LogP) is 13.1. The molecule has 0 saturated carbocycles. The third-order valence-electron chi connectivity index (χ3n) is 12.0. The molecule has 0 N–H and O–H groups in total. The van der Waals surface area contributed by atoms with Crippen molar-refractivity contribution in [2.75, 3.05) is 0 Å². The molecule has 62 heavy (non-hydrogen) atoms. The summed E-state index contributed by atoms with van der Waals surface area (Å²) >= 11 is 0. The van der Waals surface area contributed by atoms with Crippen LogP contribution in [-0.2, 0) is 0 Å². The maximum Gasteiger partial charge on any atom is 0.166 e. The van der Waals surface area contributed by atoms with E-state index < -0.39 is 0 Å². The van der Waals surface area contributed by atoms with Crippen LogP contribution in [0.1, 0.15) is 11.1 Å². The fourth-order valence-electron chi connectivity index (χ4n) is 9.29. The molecule has 12 rings (SSSR count). The Kier molecular flexibility index (Phi) is 7.83. The zero-order chi connectivity index (χ0) is 41.3. The van der Waals surface area contributed by atoms with Gasteiger partial charge in [0.2, 0.25) is 0 Å². The van der Waals surface area contributed by atoms with E-state index >= 15 is 0 Å². The lowest BCUT2D eigenvalue weighted by atomic mass is 10.0. The van der Waals surface area contributed by atoms with E-state index in [0.29, 0.717) is 39.7 Å². The van der Waals surface area contributed by atoms with Crippen molar-refractivity contribution in [1.82, 2.24) is 24.1 Å². The van der Waals surface area contributed by atoms with Crippen molar-refractivity contribution in [3.05, 3.63) is 199 Å². The van der Waals surface area contributed by atoms with Crippen molar-refractivity contribution >= 4 is 65.2 Å². The third-order valence-corrected chi connectivity index (χ3v) is 12.0. The number of aromatic nitrogens is 5. The first-order chi connectivity index (χ1) is 30.7. The Bertz CT molecular complexity index is 3670. The molecule has 3 aromatic heterocycles. The van der Waals surface area contributed by atoms with Crippen LogP contribution < -0.4 is 0 Å². The van der Waals surface area contributed by atoms with Gasteiger partial charge in [0.1, 0.15) is 0 Å². The number of hydrogen-bond acceptors (Lipinski definition) is 5.